The number of nitrogen functional groups attached to an aromatic ring is 1. The van der Waals surface area contributed by atoms with Crippen LogP contribution in [0.25, 0.3) is 11.3 Å². The van der Waals surface area contributed by atoms with Gasteiger partial charge in [-0.25, -0.2) is 14.4 Å². The Balaban J connectivity index is 2.02. The van der Waals surface area contributed by atoms with E-state index in [4.69, 9.17) is 10.5 Å². The predicted octanol–water partition coefficient (Wildman–Crippen LogP) is 3.38. The summed E-state index contributed by atoms with van der Waals surface area (Å²) in [6, 6.07) is 6.14. The number of fused-ring (bicyclic) bond motifs is 5. The molecule has 0 fully saturated rings. The molecule has 1 aromatic carbocycles. The zero-order valence-corrected chi connectivity index (χ0v) is 17.6. The molecule has 1 aliphatic heterocycles. The number of aryl methyl sites for hydroxylation is 1. The number of nitriles is 1. The second kappa shape index (κ2) is 7.16. The Hall–Kier alpha value is -3.80. The van der Waals surface area contributed by atoms with E-state index in [0.29, 0.717) is 28.1 Å². The van der Waals surface area contributed by atoms with Crippen LogP contribution in [0.4, 0.5) is 10.2 Å². The van der Waals surface area contributed by atoms with E-state index >= 15 is 0 Å². The van der Waals surface area contributed by atoms with Crippen molar-refractivity contribution < 1.29 is 13.9 Å². The third-order valence-corrected chi connectivity index (χ3v) is 5.46. The number of ketones is 1. The number of anilines is 1. The van der Waals surface area contributed by atoms with Crippen molar-refractivity contribution in [3.63, 3.8) is 0 Å². The van der Waals surface area contributed by atoms with Crippen molar-refractivity contribution in [2.45, 2.75) is 33.3 Å². The maximum absolute atomic E-state index is 14.1. The fourth-order valence-corrected chi connectivity index (χ4v) is 3.86. The number of rotatable bonds is 0. The third kappa shape index (κ3) is 3.40. The van der Waals surface area contributed by atoms with Crippen LogP contribution < -0.4 is 10.5 Å². The Bertz CT molecular complexity index is 1260. The van der Waals surface area contributed by atoms with Gasteiger partial charge in [-0.3, -0.25) is 9.48 Å². The fraction of sp³-hybridized carbons (Fsp3) is 0.318. The summed E-state index contributed by atoms with van der Waals surface area (Å²) >= 11 is 0. The van der Waals surface area contributed by atoms with Crippen LogP contribution in [0.5, 0.6) is 5.88 Å². The van der Waals surface area contributed by atoms with Crippen molar-refractivity contribution in [3.05, 3.63) is 52.7 Å². The average Bonchev–Trinajstić information content (AvgIpc) is 3.02. The highest BCUT2D eigenvalue weighted by Crippen LogP contribution is 2.37. The molecule has 1 atom stereocenters. The topological polar surface area (TPSA) is 120 Å². The number of carbonyl (C=O) groups excluding carboxylic acids is 1. The summed E-state index contributed by atoms with van der Waals surface area (Å²) in [5.74, 6) is -0.589. The zero-order valence-electron chi connectivity index (χ0n) is 17.6. The Labute approximate surface area is 178 Å². The molecule has 3 heterocycles. The van der Waals surface area contributed by atoms with Crippen LogP contribution in [0.2, 0.25) is 0 Å². The summed E-state index contributed by atoms with van der Waals surface area (Å²) in [7, 11) is 1.65. The molecule has 0 radical (unpaired) electrons. The lowest BCUT2D eigenvalue weighted by Crippen LogP contribution is -2.29. The fourth-order valence-electron chi connectivity index (χ4n) is 3.86. The minimum absolute atomic E-state index is 0.0335. The molecule has 31 heavy (non-hydrogen) atoms. The van der Waals surface area contributed by atoms with E-state index in [1.807, 2.05) is 0 Å². The normalized spacial score (nSPS) is 17.4. The van der Waals surface area contributed by atoms with E-state index in [1.54, 1.807) is 27.8 Å². The van der Waals surface area contributed by atoms with Gasteiger partial charge in [-0.1, -0.05) is 13.8 Å². The van der Waals surface area contributed by atoms with Gasteiger partial charge < -0.3 is 10.5 Å². The Morgan fingerprint density at radius 1 is 1.39 bits per heavy atom. The number of hydrogen-bond acceptors (Lipinski definition) is 7. The lowest BCUT2D eigenvalue weighted by atomic mass is 9.78. The molecule has 3 aromatic rings. The van der Waals surface area contributed by atoms with Gasteiger partial charge in [-0.05, 0) is 25.1 Å². The van der Waals surface area contributed by atoms with Crippen molar-refractivity contribution in [1.82, 2.24) is 19.7 Å². The average molecular weight is 420 g/mol. The van der Waals surface area contributed by atoms with Crippen molar-refractivity contribution in [2.24, 2.45) is 12.5 Å². The maximum Gasteiger partial charge on any atom is 0.258 e. The highest BCUT2D eigenvalue weighted by atomic mass is 19.1. The quantitative estimate of drug-likeness (QED) is 0.592. The van der Waals surface area contributed by atoms with Crippen molar-refractivity contribution in [3.8, 4) is 23.2 Å². The SMILES string of the molecule is C[C@H]1Oc2nc(cnc2N)-c2c(nn(C)c2C#N)CC(C)(C)C(=O)c2ccc(F)cc21. The molecular formula is C22H21FN6O2. The van der Waals surface area contributed by atoms with Gasteiger partial charge in [0.05, 0.1) is 23.1 Å². The van der Waals surface area contributed by atoms with Crippen molar-refractivity contribution >= 4 is 11.6 Å². The molecule has 8 nitrogen and oxygen atoms in total. The monoisotopic (exact) mass is 420 g/mol. The summed E-state index contributed by atoms with van der Waals surface area (Å²) in [5.41, 5.74) is 7.47. The number of nitrogens with zero attached hydrogens (tertiary/aromatic N) is 5. The first-order valence-electron chi connectivity index (χ1n) is 9.72. The minimum Gasteiger partial charge on any atom is -0.467 e. The predicted molar refractivity (Wildman–Crippen MR) is 111 cm³/mol. The van der Waals surface area contributed by atoms with Gasteiger partial charge in [0.2, 0.25) is 0 Å². The molecule has 0 aliphatic carbocycles. The lowest BCUT2D eigenvalue weighted by Gasteiger charge is -2.26. The largest absolute Gasteiger partial charge is 0.467 e. The van der Waals surface area contributed by atoms with Gasteiger partial charge in [0.1, 0.15) is 23.7 Å². The van der Waals surface area contributed by atoms with Crippen LogP contribution in [-0.2, 0) is 13.5 Å². The number of carbonyl (C=O) groups is 1. The summed E-state index contributed by atoms with van der Waals surface area (Å²) in [6.45, 7) is 5.28. The number of ether oxygens (including phenoxy) is 1. The number of halogens is 1. The van der Waals surface area contributed by atoms with E-state index in [9.17, 15) is 14.4 Å². The molecule has 1 aliphatic rings. The smallest absolute Gasteiger partial charge is 0.258 e. The van der Waals surface area contributed by atoms with E-state index < -0.39 is 17.3 Å². The molecule has 0 saturated carbocycles. The molecule has 2 N–H and O–H groups in total. The zero-order chi connectivity index (χ0) is 22.5. The molecule has 0 unspecified atom stereocenters. The summed E-state index contributed by atoms with van der Waals surface area (Å²) < 4.78 is 21.4. The van der Waals surface area contributed by atoms with Gasteiger partial charge in [-0.2, -0.15) is 10.4 Å². The molecule has 4 rings (SSSR count). The lowest BCUT2D eigenvalue weighted by molar-refractivity contribution is 0.0831. The number of aromatic nitrogens is 4. The van der Waals surface area contributed by atoms with Crippen molar-refractivity contribution in [2.75, 3.05) is 5.73 Å². The third-order valence-electron chi connectivity index (χ3n) is 5.46. The standard InChI is InChI=1S/C22H21FN6O2/c1-11-14-7-12(23)5-6-13(14)19(30)22(2,3)8-15-18(17(9-24)29(4)28-15)16-10-26-20(25)21(27-16)31-11/h5-7,10-11H,8H2,1-4H3,(H2,25,26)/t11-/m1/s1. The second-order valence-corrected chi connectivity index (χ2v) is 8.23. The van der Waals surface area contributed by atoms with E-state index in [-0.39, 0.29) is 29.6 Å². The van der Waals surface area contributed by atoms with Gasteiger partial charge in [0.25, 0.3) is 5.88 Å². The molecule has 0 saturated heterocycles. The molecule has 158 valence electrons. The first-order valence-corrected chi connectivity index (χ1v) is 9.72. The first kappa shape index (κ1) is 20.5. The van der Waals surface area contributed by atoms with E-state index in [2.05, 4.69) is 21.1 Å². The van der Waals surface area contributed by atoms with Crippen LogP contribution in [0, 0.1) is 22.6 Å². The maximum atomic E-state index is 14.1. The highest BCUT2D eigenvalue weighted by molar-refractivity contribution is 6.01. The summed E-state index contributed by atoms with van der Waals surface area (Å²) in [5, 5.41) is 14.2. The van der Waals surface area contributed by atoms with Crippen LogP contribution in [-0.4, -0.2) is 25.5 Å². The summed E-state index contributed by atoms with van der Waals surface area (Å²) in [4.78, 5) is 22.2. The highest BCUT2D eigenvalue weighted by Gasteiger charge is 2.35. The van der Waals surface area contributed by atoms with Gasteiger partial charge >= 0.3 is 0 Å². The van der Waals surface area contributed by atoms with Gasteiger partial charge in [0.15, 0.2) is 11.6 Å². The van der Waals surface area contributed by atoms with Gasteiger partial charge in [-0.15, -0.1) is 0 Å². The molecule has 0 amide bonds. The molecule has 2 aromatic heterocycles. The first-order chi connectivity index (χ1) is 14.6. The molecule has 0 spiro atoms. The Morgan fingerprint density at radius 3 is 2.84 bits per heavy atom. The number of hydrogen-bond donors (Lipinski definition) is 1. The number of nitrogens with two attached hydrogens (primary N) is 1. The Morgan fingerprint density at radius 2 is 2.13 bits per heavy atom. The van der Waals surface area contributed by atoms with E-state index in [0.717, 1.165) is 0 Å². The van der Waals surface area contributed by atoms with Crippen LogP contribution in [0.15, 0.2) is 24.4 Å². The van der Waals surface area contributed by atoms with E-state index in [1.165, 1.54) is 29.1 Å². The Kier molecular flexibility index (Phi) is 4.73. The second-order valence-electron chi connectivity index (χ2n) is 8.23. The molecule has 9 heteroatoms. The molecular weight excluding hydrogens is 399 g/mol. The molecule has 2 bridgehead atoms. The number of Topliss-reactive ketones (excluding diaryl/α,β-unsaturated/α-hetero) is 1. The van der Waals surface area contributed by atoms with Gasteiger partial charge in [0, 0.05) is 30.0 Å². The summed E-state index contributed by atoms with van der Waals surface area (Å²) in [6.07, 6.45) is 0.965. The van der Waals surface area contributed by atoms with Crippen LogP contribution in [0.1, 0.15) is 54.2 Å². The minimum atomic E-state index is -0.897. The van der Waals surface area contributed by atoms with Crippen molar-refractivity contribution in [1.29, 1.82) is 5.26 Å². The van der Waals surface area contributed by atoms with Crippen LogP contribution in [0.3, 0.4) is 0 Å². The number of benzene rings is 1. The van der Waals surface area contributed by atoms with Crippen LogP contribution >= 0.6 is 0 Å².